The highest BCUT2D eigenvalue weighted by Gasteiger charge is 2.27. The van der Waals surface area contributed by atoms with Crippen LogP contribution in [0.1, 0.15) is 6.42 Å². The van der Waals surface area contributed by atoms with Crippen LogP contribution in [0.5, 0.6) is 0 Å². The van der Waals surface area contributed by atoms with Crippen molar-refractivity contribution >= 4 is 33.0 Å². The van der Waals surface area contributed by atoms with E-state index in [-0.39, 0.29) is 40.6 Å². The van der Waals surface area contributed by atoms with Gasteiger partial charge in [0.15, 0.2) is 9.84 Å². The Hall–Kier alpha value is -1.34. The first-order chi connectivity index (χ1) is 9.85. The molecule has 0 bridgehead atoms. The van der Waals surface area contributed by atoms with Gasteiger partial charge in [-0.3, -0.25) is 4.79 Å². The van der Waals surface area contributed by atoms with Gasteiger partial charge in [0, 0.05) is 11.6 Å². The van der Waals surface area contributed by atoms with Gasteiger partial charge in [0.05, 0.1) is 23.7 Å². The lowest BCUT2D eigenvalue weighted by Crippen LogP contribution is -2.34. The number of halogens is 2. The molecule has 1 heterocycles. The maximum Gasteiger partial charge on any atom is 0.239 e. The summed E-state index contributed by atoms with van der Waals surface area (Å²) >= 11 is 5.63. The van der Waals surface area contributed by atoms with Crippen molar-refractivity contribution < 1.29 is 17.6 Å². The minimum absolute atomic E-state index is 0.0359. The van der Waals surface area contributed by atoms with Crippen LogP contribution in [0.25, 0.3) is 0 Å². The Bertz CT molecular complexity index is 636. The van der Waals surface area contributed by atoms with Crippen LogP contribution in [-0.4, -0.2) is 38.9 Å². The number of hydrogen-bond acceptors (Lipinski definition) is 4. The highest BCUT2D eigenvalue weighted by Crippen LogP contribution is 2.19. The first-order valence-electron chi connectivity index (χ1n) is 6.52. The molecule has 1 aromatic rings. The lowest BCUT2D eigenvalue weighted by molar-refractivity contribution is -0.119. The van der Waals surface area contributed by atoms with Gasteiger partial charge in [0.25, 0.3) is 0 Å². The van der Waals surface area contributed by atoms with Crippen LogP contribution >= 0.6 is 11.6 Å². The SMILES string of the molecule is O=C(CNc1ccc(Cl)cc1F)NC[C@@H]1CCS(=O)(=O)C1. The molecule has 21 heavy (non-hydrogen) atoms. The first-order valence-corrected chi connectivity index (χ1v) is 8.72. The van der Waals surface area contributed by atoms with E-state index < -0.39 is 15.7 Å². The molecule has 8 heteroatoms. The van der Waals surface area contributed by atoms with Crippen molar-refractivity contribution in [2.75, 3.05) is 29.9 Å². The van der Waals surface area contributed by atoms with Crippen molar-refractivity contribution in [2.24, 2.45) is 5.92 Å². The molecule has 116 valence electrons. The molecule has 1 aliphatic heterocycles. The molecule has 1 aromatic carbocycles. The summed E-state index contributed by atoms with van der Waals surface area (Å²) in [5, 5.41) is 5.60. The minimum Gasteiger partial charge on any atom is -0.374 e. The van der Waals surface area contributed by atoms with Crippen molar-refractivity contribution in [3.63, 3.8) is 0 Å². The van der Waals surface area contributed by atoms with Crippen LogP contribution in [0.15, 0.2) is 18.2 Å². The molecule has 0 unspecified atom stereocenters. The van der Waals surface area contributed by atoms with E-state index in [2.05, 4.69) is 10.6 Å². The molecule has 0 saturated carbocycles. The predicted molar refractivity (Wildman–Crippen MR) is 79.7 cm³/mol. The zero-order valence-electron chi connectivity index (χ0n) is 11.2. The number of benzene rings is 1. The second kappa shape index (κ2) is 6.62. The zero-order valence-corrected chi connectivity index (χ0v) is 12.8. The summed E-state index contributed by atoms with van der Waals surface area (Å²) in [5.41, 5.74) is 0.193. The van der Waals surface area contributed by atoms with E-state index in [4.69, 9.17) is 11.6 Å². The maximum absolute atomic E-state index is 13.5. The summed E-state index contributed by atoms with van der Waals surface area (Å²) in [4.78, 5) is 11.6. The van der Waals surface area contributed by atoms with E-state index in [0.29, 0.717) is 13.0 Å². The van der Waals surface area contributed by atoms with Crippen molar-refractivity contribution in [3.8, 4) is 0 Å². The lowest BCUT2D eigenvalue weighted by atomic mass is 10.1. The van der Waals surface area contributed by atoms with Crippen LogP contribution < -0.4 is 10.6 Å². The fraction of sp³-hybridized carbons (Fsp3) is 0.462. The van der Waals surface area contributed by atoms with E-state index in [1.165, 1.54) is 12.1 Å². The van der Waals surface area contributed by atoms with Crippen molar-refractivity contribution in [3.05, 3.63) is 29.0 Å². The third-order valence-corrected chi connectivity index (χ3v) is 5.36. The van der Waals surface area contributed by atoms with Crippen molar-refractivity contribution in [1.82, 2.24) is 5.32 Å². The van der Waals surface area contributed by atoms with Gasteiger partial charge >= 0.3 is 0 Å². The van der Waals surface area contributed by atoms with Crippen LogP contribution in [0.4, 0.5) is 10.1 Å². The van der Waals surface area contributed by atoms with E-state index >= 15 is 0 Å². The van der Waals surface area contributed by atoms with E-state index in [1.807, 2.05) is 0 Å². The molecule has 2 rings (SSSR count). The molecule has 0 spiro atoms. The molecule has 1 fully saturated rings. The Morgan fingerprint density at radius 1 is 1.43 bits per heavy atom. The van der Waals surface area contributed by atoms with Crippen LogP contribution in [0.3, 0.4) is 0 Å². The Morgan fingerprint density at radius 2 is 2.19 bits per heavy atom. The topological polar surface area (TPSA) is 75.3 Å². The standard InChI is InChI=1S/C13H16ClFN2O3S/c14-10-1-2-12(11(15)5-10)16-7-13(18)17-6-9-3-4-21(19,20)8-9/h1-2,5,9,16H,3-4,6-8H2,(H,17,18)/t9-/m0/s1. The lowest BCUT2D eigenvalue weighted by Gasteiger charge is -2.11. The number of anilines is 1. The van der Waals surface area contributed by atoms with Gasteiger partial charge in [-0.05, 0) is 30.5 Å². The van der Waals surface area contributed by atoms with Gasteiger partial charge in [0.2, 0.25) is 5.91 Å². The number of rotatable bonds is 5. The first kappa shape index (κ1) is 16.0. The fourth-order valence-electron chi connectivity index (χ4n) is 2.16. The van der Waals surface area contributed by atoms with Crippen LogP contribution in [0, 0.1) is 11.7 Å². The summed E-state index contributed by atoms with van der Waals surface area (Å²) in [6, 6.07) is 4.13. The third kappa shape index (κ3) is 4.86. The van der Waals surface area contributed by atoms with Gasteiger partial charge in [-0.25, -0.2) is 12.8 Å². The van der Waals surface area contributed by atoms with Crippen LogP contribution in [0.2, 0.25) is 5.02 Å². The Labute approximate surface area is 127 Å². The minimum atomic E-state index is -2.94. The smallest absolute Gasteiger partial charge is 0.239 e. The number of carbonyl (C=O) groups excluding carboxylic acids is 1. The highest BCUT2D eigenvalue weighted by molar-refractivity contribution is 7.91. The largest absolute Gasteiger partial charge is 0.374 e. The Morgan fingerprint density at radius 3 is 2.81 bits per heavy atom. The van der Waals surface area contributed by atoms with Gasteiger partial charge in [-0.2, -0.15) is 0 Å². The quantitative estimate of drug-likeness (QED) is 0.854. The fourth-order valence-corrected chi connectivity index (χ4v) is 4.18. The average molecular weight is 335 g/mol. The van der Waals surface area contributed by atoms with Gasteiger partial charge in [-0.15, -0.1) is 0 Å². The summed E-state index contributed by atoms with van der Waals surface area (Å²) in [5.74, 6) is -0.578. The number of sulfone groups is 1. The molecule has 0 aromatic heterocycles. The molecule has 5 nitrogen and oxygen atoms in total. The Balaban J connectivity index is 1.75. The number of carbonyl (C=O) groups is 1. The van der Waals surface area contributed by atoms with Crippen molar-refractivity contribution in [2.45, 2.75) is 6.42 Å². The average Bonchev–Trinajstić information content (AvgIpc) is 2.75. The number of nitrogens with one attached hydrogen (secondary N) is 2. The van der Waals surface area contributed by atoms with E-state index in [1.54, 1.807) is 0 Å². The maximum atomic E-state index is 13.5. The molecule has 1 atom stereocenters. The Kier molecular flexibility index (Phi) is 5.05. The number of hydrogen-bond donors (Lipinski definition) is 2. The van der Waals surface area contributed by atoms with Gasteiger partial charge in [0.1, 0.15) is 5.82 Å². The summed E-state index contributed by atoms with van der Waals surface area (Å²) in [7, 11) is -2.94. The second-order valence-corrected chi connectivity index (χ2v) is 7.72. The predicted octanol–water partition coefficient (Wildman–Crippen LogP) is 1.44. The van der Waals surface area contributed by atoms with Gasteiger partial charge < -0.3 is 10.6 Å². The van der Waals surface area contributed by atoms with Gasteiger partial charge in [-0.1, -0.05) is 11.6 Å². The summed E-state index contributed by atoms with van der Waals surface area (Å²) in [6.07, 6.45) is 0.571. The zero-order chi connectivity index (χ0) is 15.5. The molecule has 1 saturated heterocycles. The highest BCUT2D eigenvalue weighted by atomic mass is 35.5. The van der Waals surface area contributed by atoms with E-state index in [9.17, 15) is 17.6 Å². The monoisotopic (exact) mass is 334 g/mol. The number of amides is 1. The molecule has 1 aliphatic rings. The molecule has 2 N–H and O–H groups in total. The second-order valence-electron chi connectivity index (χ2n) is 5.05. The molecule has 0 radical (unpaired) electrons. The summed E-state index contributed by atoms with van der Waals surface area (Å²) < 4.78 is 36.0. The molecule has 1 amide bonds. The third-order valence-electron chi connectivity index (χ3n) is 3.29. The van der Waals surface area contributed by atoms with E-state index in [0.717, 1.165) is 6.07 Å². The van der Waals surface area contributed by atoms with Crippen molar-refractivity contribution in [1.29, 1.82) is 0 Å². The normalized spacial score (nSPS) is 20.2. The molecule has 0 aliphatic carbocycles. The molecular weight excluding hydrogens is 319 g/mol. The summed E-state index contributed by atoms with van der Waals surface area (Å²) in [6.45, 7) is 0.237. The molecular formula is C13H16ClFN2O3S. The van der Waals surface area contributed by atoms with Crippen LogP contribution in [-0.2, 0) is 14.6 Å².